The average molecular weight is 754 g/mol. The molecule has 0 saturated carbocycles. The smallest absolute Gasteiger partial charge is 0.345 e. The van der Waals surface area contributed by atoms with Crippen molar-refractivity contribution in [2.24, 2.45) is 0 Å². The van der Waals surface area contributed by atoms with Crippen LogP contribution in [-0.4, -0.2) is 81.6 Å². The molecule has 51 heavy (non-hydrogen) atoms. The van der Waals surface area contributed by atoms with Crippen molar-refractivity contribution in [1.29, 1.82) is 0 Å². The van der Waals surface area contributed by atoms with E-state index >= 15 is 0 Å². The van der Waals surface area contributed by atoms with Gasteiger partial charge in [0.15, 0.2) is 0 Å². The van der Waals surface area contributed by atoms with Crippen molar-refractivity contribution in [3.63, 3.8) is 0 Å². The van der Waals surface area contributed by atoms with E-state index in [0.29, 0.717) is 39.8 Å². The first kappa shape index (κ1) is 37.7. The summed E-state index contributed by atoms with van der Waals surface area (Å²) in [5.41, 5.74) is 0.736. The van der Waals surface area contributed by atoms with Crippen LogP contribution < -0.4 is 14.4 Å². The van der Waals surface area contributed by atoms with Gasteiger partial charge in [-0.15, -0.1) is 0 Å². The Morgan fingerprint density at radius 1 is 0.745 bits per heavy atom. The molecule has 0 N–H and O–H groups in total. The van der Waals surface area contributed by atoms with E-state index in [0.717, 1.165) is 62.2 Å². The molecule has 3 aliphatic rings. The van der Waals surface area contributed by atoms with Crippen LogP contribution in [-0.2, 0) is 42.9 Å². The molecule has 5 rings (SSSR count). The molecular weight excluding hydrogens is 719 g/mol. The van der Waals surface area contributed by atoms with E-state index < -0.39 is 33.5 Å². The molecule has 1 amide bonds. The van der Waals surface area contributed by atoms with E-state index in [1.807, 2.05) is 19.1 Å². The zero-order valence-corrected chi connectivity index (χ0v) is 31.5. The minimum absolute atomic E-state index is 0.139. The molecule has 0 bridgehead atoms. The number of fused-ring (bicyclic) bond motifs is 3. The molecule has 0 aromatic heterocycles. The predicted molar refractivity (Wildman–Crippen MR) is 196 cm³/mol. The number of carbonyl (C=O) groups excluding carboxylic acids is 5. The second-order valence-corrected chi connectivity index (χ2v) is 15.1. The molecule has 0 atom stereocenters. The SMILES string of the molecule is CCOc1ccc2c(c1)C1=C(SC(C(=O)OC)=C(C(=O)OC)C13SC(C(=O)OC)=C(C(=O)OC)S3)C(C)(C)N2C(=O)/C=C\c1ccc(OC)cc1. The summed E-state index contributed by atoms with van der Waals surface area (Å²) in [6.07, 6.45) is 3.12. The summed E-state index contributed by atoms with van der Waals surface area (Å²) in [5.74, 6) is -2.73. The highest BCUT2D eigenvalue weighted by Crippen LogP contribution is 2.71. The molecule has 3 heterocycles. The fourth-order valence-corrected chi connectivity index (χ4v) is 11.0. The minimum atomic E-state index is -1.71. The van der Waals surface area contributed by atoms with Crippen LogP contribution in [0.4, 0.5) is 5.69 Å². The Balaban J connectivity index is 1.82. The molecule has 0 aliphatic carbocycles. The number of ether oxygens (including phenoxy) is 6. The number of amides is 1. The summed E-state index contributed by atoms with van der Waals surface area (Å²) >= 11 is 2.66. The highest BCUT2D eigenvalue weighted by Gasteiger charge is 2.61. The number of esters is 4. The van der Waals surface area contributed by atoms with E-state index in [9.17, 15) is 24.0 Å². The van der Waals surface area contributed by atoms with Crippen molar-refractivity contribution in [2.75, 3.05) is 47.1 Å². The van der Waals surface area contributed by atoms with Crippen LogP contribution in [0.25, 0.3) is 11.6 Å². The molecule has 268 valence electrons. The summed E-state index contributed by atoms with van der Waals surface area (Å²) < 4.78 is 30.0. The van der Waals surface area contributed by atoms with E-state index in [1.54, 1.807) is 62.3 Å². The van der Waals surface area contributed by atoms with Crippen molar-refractivity contribution < 1.29 is 52.4 Å². The summed E-state index contributed by atoms with van der Waals surface area (Å²) in [5, 5.41) is 0. The number of nitrogens with zero attached hydrogens (tertiary/aromatic N) is 1. The monoisotopic (exact) mass is 753 g/mol. The lowest BCUT2D eigenvalue weighted by Crippen LogP contribution is -2.53. The summed E-state index contributed by atoms with van der Waals surface area (Å²) in [6, 6.07) is 12.4. The van der Waals surface area contributed by atoms with Crippen molar-refractivity contribution >= 4 is 82.4 Å². The van der Waals surface area contributed by atoms with Crippen LogP contribution >= 0.6 is 35.3 Å². The van der Waals surface area contributed by atoms with Gasteiger partial charge in [-0.1, -0.05) is 47.4 Å². The van der Waals surface area contributed by atoms with Gasteiger partial charge >= 0.3 is 23.9 Å². The maximum atomic E-state index is 14.4. The maximum absolute atomic E-state index is 14.4. The fourth-order valence-electron chi connectivity index (χ4n) is 5.90. The number of thioether (sulfide) groups is 3. The highest BCUT2D eigenvalue weighted by molar-refractivity contribution is 8.26. The summed E-state index contributed by atoms with van der Waals surface area (Å²) in [4.78, 5) is 70.0. The molecule has 15 heteroatoms. The summed E-state index contributed by atoms with van der Waals surface area (Å²) in [6.45, 7) is 5.76. The Labute approximate surface area is 307 Å². The normalized spacial score (nSPS) is 17.2. The molecule has 12 nitrogen and oxygen atoms in total. The van der Waals surface area contributed by atoms with Crippen molar-refractivity contribution in [1.82, 2.24) is 0 Å². The molecule has 2 aromatic rings. The lowest BCUT2D eigenvalue weighted by molar-refractivity contribution is -0.138. The number of hydrogen-bond acceptors (Lipinski definition) is 14. The van der Waals surface area contributed by atoms with Gasteiger partial charge in [0.25, 0.3) is 5.91 Å². The molecule has 2 aromatic carbocycles. The van der Waals surface area contributed by atoms with Crippen LogP contribution in [0.15, 0.2) is 73.7 Å². The largest absolute Gasteiger partial charge is 0.497 e. The number of methoxy groups -OCH3 is 5. The van der Waals surface area contributed by atoms with E-state index in [4.69, 9.17) is 28.4 Å². The molecule has 0 radical (unpaired) electrons. The van der Waals surface area contributed by atoms with Gasteiger partial charge in [0.1, 0.15) is 30.3 Å². The first-order chi connectivity index (χ1) is 24.3. The third-order valence-electron chi connectivity index (χ3n) is 8.17. The van der Waals surface area contributed by atoms with E-state index in [2.05, 4.69) is 0 Å². The Morgan fingerprint density at radius 3 is 1.82 bits per heavy atom. The highest BCUT2D eigenvalue weighted by atomic mass is 32.2. The Hall–Kier alpha value is -4.60. The van der Waals surface area contributed by atoms with Gasteiger partial charge in [-0.2, -0.15) is 0 Å². The maximum Gasteiger partial charge on any atom is 0.345 e. The van der Waals surface area contributed by atoms with Crippen molar-refractivity contribution in [3.8, 4) is 11.5 Å². The van der Waals surface area contributed by atoms with Crippen LogP contribution in [0.3, 0.4) is 0 Å². The Kier molecular flexibility index (Phi) is 11.0. The van der Waals surface area contributed by atoms with Crippen LogP contribution in [0.1, 0.15) is 31.9 Å². The molecule has 0 unspecified atom stereocenters. The third-order valence-corrected chi connectivity index (χ3v) is 12.8. The predicted octanol–water partition coefficient (Wildman–Crippen LogP) is 5.72. The van der Waals surface area contributed by atoms with Gasteiger partial charge in [0.05, 0.1) is 59.0 Å². The van der Waals surface area contributed by atoms with Gasteiger partial charge in [0, 0.05) is 22.1 Å². The van der Waals surface area contributed by atoms with Crippen LogP contribution in [0.5, 0.6) is 11.5 Å². The fraction of sp³-hybridized carbons (Fsp3) is 0.306. The topological polar surface area (TPSA) is 144 Å². The first-order valence-electron chi connectivity index (χ1n) is 15.4. The van der Waals surface area contributed by atoms with Gasteiger partial charge in [-0.25, -0.2) is 19.2 Å². The number of rotatable bonds is 9. The Bertz CT molecular complexity index is 1910. The molecular formula is C36H35NO11S3. The van der Waals surface area contributed by atoms with E-state index in [1.165, 1.54) is 13.2 Å². The zero-order valence-electron chi connectivity index (χ0n) is 29.1. The number of hydrogen-bond donors (Lipinski definition) is 0. The molecule has 3 aliphatic heterocycles. The molecule has 0 fully saturated rings. The van der Waals surface area contributed by atoms with Gasteiger partial charge in [-0.3, -0.25) is 9.69 Å². The van der Waals surface area contributed by atoms with Crippen LogP contribution in [0, 0.1) is 0 Å². The van der Waals surface area contributed by atoms with Gasteiger partial charge in [-0.05, 0) is 62.7 Å². The lowest BCUT2D eigenvalue weighted by atomic mass is 9.83. The second-order valence-electron chi connectivity index (χ2n) is 11.4. The number of anilines is 1. The van der Waals surface area contributed by atoms with E-state index in [-0.39, 0.29) is 26.2 Å². The van der Waals surface area contributed by atoms with Gasteiger partial charge < -0.3 is 28.4 Å². The third kappa shape index (κ3) is 6.53. The number of carbonyl (C=O) groups is 5. The average Bonchev–Trinajstić information content (AvgIpc) is 3.53. The second kappa shape index (κ2) is 14.9. The summed E-state index contributed by atoms with van der Waals surface area (Å²) in [7, 11) is 6.22. The molecule has 0 saturated heterocycles. The standard InChI is InChI=1S/C36H35NO11S3/c1-9-48-21-15-16-23-22(18-21)25-30(35(2,3)37(23)24(38)17-12-19-10-13-20(43-4)14-11-19)49-27(32(40)45-6)26(31(39)44-5)36(25)50-28(33(41)46-7)29(51-36)34(42)47-8/h10-18H,9H2,1-8H3/b17-12-. The Morgan fingerprint density at radius 2 is 1.29 bits per heavy atom. The first-order valence-corrected chi connectivity index (χ1v) is 17.8. The minimum Gasteiger partial charge on any atom is -0.497 e. The number of benzene rings is 2. The zero-order chi connectivity index (χ0) is 37.2. The molecule has 1 spiro atoms. The lowest BCUT2D eigenvalue weighted by Gasteiger charge is -2.50. The van der Waals surface area contributed by atoms with Crippen molar-refractivity contribution in [3.05, 3.63) is 84.9 Å². The van der Waals surface area contributed by atoms with Crippen molar-refractivity contribution in [2.45, 2.75) is 30.4 Å². The van der Waals surface area contributed by atoms with Gasteiger partial charge in [0.2, 0.25) is 0 Å². The van der Waals surface area contributed by atoms with Crippen LogP contribution in [0.2, 0.25) is 0 Å². The quantitative estimate of drug-likeness (QED) is 0.175.